The van der Waals surface area contributed by atoms with Crippen molar-refractivity contribution in [2.45, 2.75) is 5.41 Å². The molecule has 0 bridgehead atoms. The largest absolute Gasteiger partial charge is 0.457 e. The van der Waals surface area contributed by atoms with E-state index in [0.717, 1.165) is 72.8 Å². The highest BCUT2D eigenvalue weighted by Gasteiger charge is 2.51. The fraction of sp³-hybridized carbons (Fsp3) is 0.0182. The molecule has 0 radical (unpaired) electrons. The standard InChI is InChI=1S/C55H35NO2/c1-3-16-36(17-4-1)37-30-32-39(33-31-37)56(38-18-5-2-6-19-38)47-26-12-8-20-40(47)41-22-15-29-50-53(41)54-51(58-50)35-34-46-52(54)42-21-7-9-23-43(42)55(46)44-24-10-13-27-48(44)57-49-28-14-11-25-45(49)55/h1-35H. The van der Waals surface area contributed by atoms with Crippen LogP contribution in [-0.4, -0.2) is 0 Å². The van der Waals surface area contributed by atoms with Gasteiger partial charge in [-0.25, -0.2) is 0 Å². The highest BCUT2D eigenvalue weighted by molar-refractivity contribution is 6.21. The molecule has 2 heterocycles. The van der Waals surface area contributed by atoms with E-state index in [9.17, 15) is 0 Å². The number of anilines is 3. The van der Waals surface area contributed by atoms with E-state index < -0.39 is 5.41 Å². The lowest BCUT2D eigenvalue weighted by Crippen LogP contribution is -2.32. The Balaban J connectivity index is 1.13. The minimum absolute atomic E-state index is 0.571. The van der Waals surface area contributed by atoms with E-state index in [2.05, 4.69) is 217 Å². The smallest absolute Gasteiger partial charge is 0.136 e. The van der Waals surface area contributed by atoms with E-state index in [-0.39, 0.29) is 0 Å². The molecule has 3 heteroatoms. The maximum absolute atomic E-state index is 6.86. The summed E-state index contributed by atoms with van der Waals surface area (Å²) in [6.07, 6.45) is 0. The van der Waals surface area contributed by atoms with Crippen molar-refractivity contribution in [2.75, 3.05) is 4.90 Å². The van der Waals surface area contributed by atoms with Crippen LogP contribution in [0.3, 0.4) is 0 Å². The van der Waals surface area contributed by atoms with E-state index in [1.54, 1.807) is 0 Å². The number of rotatable bonds is 5. The topological polar surface area (TPSA) is 25.6 Å². The van der Waals surface area contributed by atoms with Gasteiger partial charge >= 0.3 is 0 Å². The van der Waals surface area contributed by atoms with Crippen molar-refractivity contribution in [1.82, 2.24) is 0 Å². The van der Waals surface area contributed by atoms with Crippen LogP contribution < -0.4 is 9.64 Å². The highest BCUT2D eigenvalue weighted by atomic mass is 16.5. The number of nitrogens with zero attached hydrogens (tertiary/aromatic N) is 1. The van der Waals surface area contributed by atoms with Crippen LogP contribution in [0.2, 0.25) is 0 Å². The summed E-state index contributed by atoms with van der Waals surface area (Å²) in [5.41, 5.74) is 16.2. The van der Waals surface area contributed by atoms with Crippen LogP contribution in [-0.2, 0) is 5.41 Å². The van der Waals surface area contributed by atoms with Gasteiger partial charge in [0.25, 0.3) is 0 Å². The molecule has 1 aliphatic heterocycles. The molecule has 58 heavy (non-hydrogen) atoms. The summed E-state index contributed by atoms with van der Waals surface area (Å²) in [6.45, 7) is 0. The second-order valence-corrected chi connectivity index (χ2v) is 15.1. The minimum atomic E-state index is -0.571. The summed E-state index contributed by atoms with van der Waals surface area (Å²) in [6, 6.07) is 75.8. The quantitative estimate of drug-likeness (QED) is 0.176. The van der Waals surface area contributed by atoms with Crippen LogP contribution in [0.1, 0.15) is 22.3 Å². The number of furan rings is 1. The zero-order valence-electron chi connectivity index (χ0n) is 31.5. The van der Waals surface area contributed by atoms with Gasteiger partial charge in [0.2, 0.25) is 0 Å². The van der Waals surface area contributed by atoms with Gasteiger partial charge in [-0.05, 0) is 93.5 Å². The molecular weight excluding hydrogens is 707 g/mol. The molecule has 0 unspecified atom stereocenters. The predicted octanol–water partition coefficient (Wildman–Crippen LogP) is 14.9. The van der Waals surface area contributed by atoms with Gasteiger partial charge in [0, 0.05) is 38.8 Å². The van der Waals surface area contributed by atoms with Crippen LogP contribution in [0.15, 0.2) is 217 Å². The van der Waals surface area contributed by atoms with Gasteiger partial charge in [-0.15, -0.1) is 0 Å². The number of benzene rings is 9. The maximum Gasteiger partial charge on any atom is 0.136 e. The Bertz CT molecular complexity index is 3150. The first-order valence-electron chi connectivity index (χ1n) is 19.8. The fourth-order valence-corrected chi connectivity index (χ4v) is 9.81. The summed E-state index contributed by atoms with van der Waals surface area (Å²) in [5, 5.41) is 2.23. The van der Waals surface area contributed by atoms with Gasteiger partial charge in [0.05, 0.1) is 11.1 Å². The molecule has 0 atom stereocenters. The van der Waals surface area contributed by atoms with Gasteiger partial charge in [-0.3, -0.25) is 0 Å². The summed E-state index contributed by atoms with van der Waals surface area (Å²) in [4.78, 5) is 2.37. The summed E-state index contributed by atoms with van der Waals surface area (Å²) < 4.78 is 13.5. The Labute approximate surface area is 336 Å². The normalized spacial score (nSPS) is 13.1. The Hall–Kier alpha value is -7.62. The third-order valence-corrected chi connectivity index (χ3v) is 12.2. The number of fused-ring (bicyclic) bond motifs is 13. The van der Waals surface area contributed by atoms with Gasteiger partial charge < -0.3 is 14.1 Å². The van der Waals surface area contributed by atoms with E-state index in [0.29, 0.717) is 0 Å². The monoisotopic (exact) mass is 741 g/mol. The van der Waals surface area contributed by atoms with Crippen molar-refractivity contribution in [3.8, 4) is 44.9 Å². The van der Waals surface area contributed by atoms with Gasteiger partial charge in [0.15, 0.2) is 0 Å². The molecule has 2 aliphatic rings. The van der Waals surface area contributed by atoms with Gasteiger partial charge in [-0.1, -0.05) is 158 Å². The Morgan fingerprint density at radius 3 is 1.64 bits per heavy atom. The number of para-hydroxylation sites is 4. The average molecular weight is 742 g/mol. The molecule has 10 aromatic rings. The van der Waals surface area contributed by atoms with E-state index in [4.69, 9.17) is 9.15 Å². The van der Waals surface area contributed by atoms with Crippen molar-refractivity contribution in [1.29, 1.82) is 0 Å². The fourth-order valence-electron chi connectivity index (χ4n) is 9.81. The Kier molecular flexibility index (Phi) is 7.14. The highest BCUT2D eigenvalue weighted by Crippen LogP contribution is 2.64. The number of hydrogen-bond donors (Lipinski definition) is 0. The molecule has 0 saturated carbocycles. The van der Waals surface area contributed by atoms with Gasteiger partial charge in [0.1, 0.15) is 22.7 Å². The Morgan fingerprint density at radius 2 is 0.897 bits per heavy atom. The van der Waals surface area contributed by atoms with Crippen molar-refractivity contribution >= 4 is 39.0 Å². The van der Waals surface area contributed by atoms with Crippen LogP contribution >= 0.6 is 0 Å². The molecule has 0 saturated heterocycles. The molecule has 1 aliphatic carbocycles. The molecule has 12 rings (SSSR count). The van der Waals surface area contributed by atoms with Gasteiger partial charge in [-0.2, -0.15) is 0 Å². The molecule has 9 aromatic carbocycles. The summed E-state index contributed by atoms with van der Waals surface area (Å²) >= 11 is 0. The van der Waals surface area contributed by atoms with E-state index >= 15 is 0 Å². The molecular formula is C55H35NO2. The molecule has 3 nitrogen and oxygen atoms in total. The lowest BCUT2D eigenvalue weighted by atomic mass is 9.66. The van der Waals surface area contributed by atoms with Crippen LogP contribution in [0.5, 0.6) is 11.5 Å². The molecule has 0 N–H and O–H groups in total. The second kappa shape index (κ2) is 12.7. The molecule has 1 spiro atoms. The maximum atomic E-state index is 6.86. The third kappa shape index (κ3) is 4.62. The number of ether oxygens (including phenoxy) is 1. The zero-order chi connectivity index (χ0) is 38.2. The lowest BCUT2D eigenvalue weighted by molar-refractivity contribution is 0.436. The molecule has 1 aromatic heterocycles. The van der Waals surface area contributed by atoms with E-state index in [1.165, 1.54) is 33.4 Å². The SMILES string of the molecule is c1ccc(-c2ccc(N(c3ccccc3)c3ccccc3-c3cccc4oc5ccc6c(c5c34)-c3ccccc3C63c4ccccc4Oc4ccccc43)cc2)cc1. The molecule has 272 valence electrons. The van der Waals surface area contributed by atoms with Crippen molar-refractivity contribution in [3.05, 3.63) is 235 Å². The first kappa shape index (κ1) is 32.6. The summed E-state index contributed by atoms with van der Waals surface area (Å²) in [7, 11) is 0. The first-order valence-corrected chi connectivity index (χ1v) is 19.8. The lowest BCUT2D eigenvalue weighted by Gasteiger charge is -2.39. The van der Waals surface area contributed by atoms with Crippen molar-refractivity contribution in [2.24, 2.45) is 0 Å². The molecule has 0 fully saturated rings. The third-order valence-electron chi connectivity index (χ3n) is 12.2. The number of hydrogen-bond acceptors (Lipinski definition) is 3. The van der Waals surface area contributed by atoms with Crippen LogP contribution in [0.4, 0.5) is 17.1 Å². The Morgan fingerprint density at radius 1 is 0.345 bits per heavy atom. The minimum Gasteiger partial charge on any atom is -0.457 e. The van der Waals surface area contributed by atoms with Crippen molar-refractivity contribution in [3.63, 3.8) is 0 Å². The van der Waals surface area contributed by atoms with E-state index in [1.807, 2.05) is 0 Å². The van der Waals surface area contributed by atoms with Crippen LogP contribution in [0.25, 0.3) is 55.3 Å². The predicted molar refractivity (Wildman–Crippen MR) is 237 cm³/mol. The zero-order valence-corrected chi connectivity index (χ0v) is 31.5. The van der Waals surface area contributed by atoms with Crippen molar-refractivity contribution < 1.29 is 9.15 Å². The first-order chi connectivity index (χ1) is 28.8. The van der Waals surface area contributed by atoms with Crippen LogP contribution in [0, 0.1) is 0 Å². The second-order valence-electron chi connectivity index (χ2n) is 15.1. The summed E-state index contributed by atoms with van der Waals surface area (Å²) in [5.74, 6) is 1.77. The molecule has 0 amide bonds. The average Bonchev–Trinajstić information content (AvgIpc) is 3.82.